The number of nitrogens with one attached hydrogen (secondary N) is 1. The molecule has 2 heteroatoms. The van der Waals surface area contributed by atoms with Crippen LogP contribution in [0.25, 0.3) is 0 Å². The molecule has 0 aromatic heterocycles. The summed E-state index contributed by atoms with van der Waals surface area (Å²) in [6.45, 7) is 0.907. The summed E-state index contributed by atoms with van der Waals surface area (Å²) in [6, 6.07) is 8.77. The van der Waals surface area contributed by atoms with Crippen molar-refractivity contribution < 1.29 is 0 Å². The van der Waals surface area contributed by atoms with Crippen molar-refractivity contribution in [3.63, 3.8) is 0 Å². The number of halogens is 1. The Bertz CT molecular complexity index is 292. The van der Waals surface area contributed by atoms with E-state index in [1.807, 2.05) is 18.2 Å². The summed E-state index contributed by atoms with van der Waals surface area (Å²) >= 11 is 6.07. The van der Waals surface area contributed by atoms with E-state index in [0.717, 1.165) is 11.6 Å². The molecule has 0 spiro atoms. The van der Waals surface area contributed by atoms with E-state index in [4.69, 9.17) is 11.6 Å². The topological polar surface area (TPSA) is 12.0 Å². The summed E-state index contributed by atoms with van der Waals surface area (Å²) in [5.41, 5.74) is 1.21. The predicted octanol–water partition coefficient (Wildman–Crippen LogP) is 3.37. The average molecular weight is 210 g/mol. The van der Waals surface area contributed by atoms with Gasteiger partial charge in [-0.3, -0.25) is 0 Å². The molecule has 0 saturated heterocycles. The Balaban J connectivity index is 1.88. The van der Waals surface area contributed by atoms with Gasteiger partial charge in [-0.1, -0.05) is 42.6 Å². The standard InChI is InChI=1S/C12H16ClN/c13-12-8-4-1-5-10(12)9-14-11-6-2-3-7-11/h1,4-5,8,11,14H,2-3,6-7,9H2. The van der Waals surface area contributed by atoms with Gasteiger partial charge in [-0.15, -0.1) is 0 Å². The SMILES string of the molecule is Clc1ccccc1CNC1CCCC1. The molecule has 1 N–H and O–H groups in total. The maximum absolute atomic E-state index is 6.07. The van der Waals surface area contributed by atoms with Crippen molar-refractivity contribution in [2.45, 2.75) is 38.3 Å². The first kappa shape index (κ1) is 10.0. The lowest BCUT2D eigenvalue weighted by atomic mass is 10.2. The van der Waals surface area contributed by atoms with Gasteiger partial charge in [-0.05, 0) is 24.5 Å². The van der Waals surface area contributed by atoms with E-state index in [0.29, 0.717) is 6.04 Å². The highest BCUT2D eigenvalue weighted by atomic mass is 35.5. The molecule has 0 bridgehead atoms. The van der Waals surface area contributed by atoms with Gasteiger partial charge in [-0.25, -0.2) is 0 Å². The highest BCUT2D eigenvalue weighted by Gasteiger charge is 2.13. The summed E-state index contributed by atoms with van der Waals surface area (Å²) in [5.74, 6) is 0. The molecule has 1 saturated carbocycles. The van der Waals surface area contributed by atoms with Crippen LogP contribution in [0.15, 0.2) is 24.3 Å². The first-order chi connectivity index (χ1) is 6.86. The van der Waals surface area contributed by atoms with E-state index >= 15 is 0 Å². The van der Waals surface area contributed by atoms with Gasteiger partial charge < -0.3 is 5.32 Å². The molecule has 0 aliphatic heterocycles. The molecule has 1 aromatic carbocycles. The minimum atomic E-state index is 0.714. The van der Waals surface area contributed by atoms with Crippen LogP contribution in [0.4, 0.5) is 0 Å². The highest BCUT2D eigenvalue weighted by Crippen LogP contribution is 2.19. The van der Waals surface area contributed by atoms with Gasteiger partial charge in [0.2, 0.25) is 0 Å². The number of benzene rings is 1. The molecule has 1 fully saturated rings. The van der Waals surface area contributed by atoms with Gasteiger partial charge in [0.25, 0.3) is 0 Å². The Labute approximate surface area is 90.5 Å². The number of hydrogen-bond donors (Lipinski definition) is 1. The lowest BCUT2D eigenvalue weighted by molar-refractivity contribution is 0.524. The van der Waals surface area contributed by atoms with E-state index in [-0.39, 0.29) is 0 Å². The Morgan fingerprint density at radius 1 is 1.21 bits per heavy atom. The zero-order valence-electron chi connectivity index (χ0n) is 8.30. The Hall–Kier alpha value is -0.530. The second-order valence-corrected chi connectivity index (χ2v) is 4.36. The predicted molar refractivity (Wildman–Crippen MR) is 60.5 cm³/mol. The summed E-state index contributed by atoms with van der Waals surface area (Å²) in [4.78, 5) is 0. The van der Waals surface area contributed by atoms with Gasteiger partial charge in [-0.2, -0.15) is 0 Å². The lowest BCUT2D eigenvalue weighted by Crippen LogP contribution is -2.25. The fraction of sp³-hybridized carbons (Fsp3) is 0.500. The zero-order chi connectivity index (χ0) is 9.80. The van der Waals surface area contributed by atoms with Gasteiger partial charge >= 0.3 is 0 Å². The Kier molecular flexibility index (Phi) is 3.44. The van der Waals surface area contributed by atoms with Gasteiger partial charge in [0.05, 0.1) is 0 Å². The second kappa shape index (κ2) is 4.81. The van der Waals surface area contributed by atoms with E-state index < -0.39 is 0 Å². The van der Waals surface area contributed by atoms with Crippen molar-refractivity contribution in [3.05, 3.63) is 34.9 Å². The number of hydrogen-bond acceptors (Lipinski definition) is 1. The second-order valence-electron chi connectivity index (χ2n) is 3.95. The average Bonchev–Trinajstić information content (AvgIpc) is 2.69. The quantitative estimate of drug-likeness (QED) is 0.805. The Morgan fingerprint density at radius 2 is 1.93 bits per heavy atom. The van der Waals surface area contributed by atoms with E-state index in [2.05, 4.69) is 11.4 Å². The van der Waals surface area contributed by atoms with Crippen LogP contribution in [0.5, 0.6) is 0 Å². The van der Waals surface area contributed by atoms with Crippen LogP contribution >= 0.6 is 11.6 Å². The van der Waals surface area contributed by atoms with Crippen LogP contribution in [0.2, 0.25) is 5.02 Å². The largest absolute Gasteiger partial charge is 0.310 e. The third-order valence-corrected chi connectivity index (χ3v) is 3.26. The molecule has 14 heavy (non-hydrogen) atoms. The first-order valence-electron chi connectivity index (χ1n) is 5.33. The molecular weight excluding hydrogens is 194 g/mol. The minimum Gasteiger partial charge on any atom is -0.310 e. The van der Waals surface area contributed by atoms with Crippen LogP contribution in [-0.2, 0) is 6.54 Å². The van der Waals surface area contributed by atoms with Crippen molar-refractivity contribution in [2.24, 2.45) is 0 Å². The van der Waals surface area contributed by atoms with Crippen LogP contribution in [-0.4, -0.2) is 6.04 Å². The molecule has 76 valence electrons. The van der Waals surface area contributed by atoms with Crippen molar-refractivity contribution >= 4 is 11.6 Å². The van der Waals surface area contributed by atoms with Crippen molar-refractivity contribution in [1.82, 2.24) is 5.32 Å². The van der Waals surface area contributed by atoms with Gasteiger partial charge in [0, 0.05) is 17.6 Å². The van der Waals surface area contributed by atoms with Crippen LogP contribution in [0.3, 0.4) is 0 Å². The van der Waals surface area contributed by atoms with Crippen LogP contribution in [0.1, 0.15) is 31.2 Å². The van der Waals surface area contributed by atoms with E-state index in [9.17, 15) is 0 Å². The first-order valence-corrected chi connectivity index (χ1v) is 5.71. The third-order valence-electron chi connectivity index (χ3n) is 2.89. The molecule has 1 nitrogen and oxygen atoms in total. The van der Waals surface area contributed by atoms with Crippen molar-refractivity contribution in [2.75, 3.05) is 0 Å². The smallest absolute Gasteiger partial charge is 0.0450 e. The summed E-state index contributed by atoms with van der Waals surface area (Å²) in [5, 5.41) is 4.43. The third kappa shape index (κ3) is 2.49. The molecule has 0 amide bonds. The molecule has 2 rings (SSSR count). The molecule has 1 aliphatic rings. The highest BCUT2D eigenvalue weighted by molar-refractivity contribution is 6.31. The van der Waals surface area contributed by atoms with Crippen LogP contribution in [0, 0.1) is 0 Å². The maximum Gasteiger partial charge on any atom is 0.0450 e. The van der Waals surface area contributed by atoms with E-state index in [1.165, 1.54) is 31.2 Å². The molecule has 0 heterocycles. The number of rotatable bonds is 3. The minimum absolute atomic E-state index is 0.714. The fourth-order valence-electron chi connectivity index (χ4n) is 2.03. The summed E-state index contributed by atoms with van der Waals surface area (Å²) in [7, 11) is 0. The summed E-state index contributed by atoms with van der Waals surface area (Å²) < 4.78 is 0. The van der Waals surface area contributed by atoms with E-state index in [1.54, 1.807) is 0 Å². The van der Waals surface area contributed by atoms with Crippen molar-refractivity contribution in [1.29, 1.82) is 0 Å². The normalized spacial score (nSPS) is 17.5. The van der Waals surface area contributed by atoms with Gasteiger partial charge in [0.1, 0.15) is 0 Å². The molecule has 0 unspecified atom stereocenters. The molecule has 1 aromatic rings. The Morgan fingerprint density at radius 3 is 2.64 bits per heavy atom. The monoisotopic (exact) mass is 209 g/mol. The van der Waals surface area contributed by atoms with Gasteiger partial charge in [0.15, 0.2) is 0 Å². The van der Waals surface area contributed by atoms with Crippen LogP contribution < -0.4 is 5.32 Å². The zero-order valence-corrected chi connectivity index (χ0v) is 9.06. The lowest BCUT2D eigenvalue weighted by Gasteiger charge is -2.12. The van der Waals surface area contributed by atoms with Crippen molar-refractivity contribution in [3.8, 4) is 0 Å². The fourth-order valence-corrected chi connectivity index (χ4v) is 2.23. The molecule has 0 atom stereocenters. The molecule has 1 aliphatic carbocycles. The molecular formula is C12H16ClN. The maximum atomic E-state index is 6.07. The summed E-state index contributed by atoms with van der Waals surface area (Å²) in [6.07, 6.45) is 5.40. The molecule has 0 radical (unpaired) electrons.